The zero-order valence-corrected chi connectivity index (χ0v) is 17.1. The van der Waals surface area contributed by atoms with Crippen molar-refractivity contribution in [1.29, 1.82) is 0 Å². The third-order valence-corrected chi connectivity index (χ3v) is 4.78. The Hall–Kier alpha value is -4.20. The first-order chi connectivity index (χ1) is 15.0. The summed E-state index contributed by atoms with van der Waals surface area (Å²) in [5.74, 6) is 0.293. The SMILES string of the molecule is Cc1cc(CC(=O)Nc2ccc(-c3cnccn3)cn2)cnc1-c1cc[n+](O)c(C)c1. The maximum Gasteiger partial charge on any atom is 0.231 e. The molecule has 0 aromatic carbocycles. The molecule has 4 rings (SSSR count). The van der Waals surface area contributed by atoms with Gasteiger partial charge in [0.25, 0.3) is 0 Å². The number of pyridine rings is 3. The molecule has 0 saturated carbocycles. The summed E-state index contributed by atoms with van der Waals surface area (Å²) >= 11 is 0. The molecule has 0 atom stereocenters. The number of hydrogen-bond donors (Lipinski definition) is 2. The summed E-state index contributed by atoms with van der Waals surface area (Å²) in [5.41, 5.74) is 5.73. The summed E-state index contributed by atoms with van der Waals surface area (Å²) in [6.45, 7) is 3.76. The lowest BCUT2D eigenvalue weighted by atomic mass is 10.0. The van der Waals surface area contributed by atoms with E-state index in [4.69, 9.17) is 0 Å². The van der Waals surface area contributed by atoms with E-state index < -0.39 is 0 Å². The number of nitrogens with zero attached hydrogens (tertiary/aromatic N) is 5. The molecule has 0 spiro atoms. The van der Waals surface area contributed by atoms with E-state index in [1.54, 1.807) is 49.3 Å². The normalized spacial score (nSPS) is 10.6. The Morgan fingerprint density at radius 2 is 1.87 bits per heavy atom. The van der Waals surface area contributed by atoms with E-state index in [1.165, 1.54) is 0 Å². The smallest absolute Gasteiger partial charge is 0.231 e. The second kappa shape index (κ2) is 8.66. The largest absolute Gasteiger partial charge is 0.310 e. The number of amides is 1. The van der Waals surface area contributed by atoms with Crippen LogP contribution in [0, 0.1) is 13.8 Å². The number of carbonyl (C=O) groups is 1. The molecule has 0 saturated heterocycles. The van der Waals surface area contributed by atoms with E-state index in [0.29, 0.717) is 11.5 Å². The van der Waals surface area contributed by atoms with Crippen molar-refractivity contribution in [3.63, 3.8) is 0 Å². The van der Waals surface area contributed by atoms with Crippen LogP contribution in [0.15, 0.2) is 67.5 Å². The van der Waals surface area contributed by atoms with Crippen molar-refractivity contribution in [3.05, 3.63) is 84.3 Å². The lowest BCUT2D eigenvalue weighted by Gasteiger charge is -2.09. The highest BCUT2D eigenvalue weighted by atomic mass is 16.5. The molecule has 4 aromatic rings. The van der Waals surface area contributed by atoms with Crippen LogP contribution in [0.3, 0.4) is 0 Å². The van der Waals surface area contributed by atoms with Gasteiger partial charge in [0.1, 0.15) is 5.82 Å². The number of carbonyl (C=O) groups excluding carboxylic acids is 1. The predicted molar refractivity (Wildman–Crippen MR) is 114 cm³/mol. The van der Waals surface area contributed by atoms with Crippen molar-refractivity contribution in [3.8, 4) is 22.5 Å². The van der Waals surface area contributed by atoms with Gasteiger partial charge in [-0.3, -0.25) is 25.0 Å². The molecule has 2 N–H and O–H groups in total. The average Bonchev–Trinajstić information content (AvgIpc) is 2.77. The molecule has 8 heteroatoms. The van der Waals surface area contributed by atoms with Crippen LogP contribution in [0.25, 0.3) is 22.5 Å². The molecule has 154 valence electrons. The fourth-order valence-electron chi connectivity index (χ4n) is 3.23. The van der Waals surface area contributed by atoms with Gasteiger partial charge in [-0.1, -0.05) is 6.07 Å². The van der Waals surface area contributed by atoms with Crippen LogP contribution in [-0.2, 0) is 11.2 Å². The highest BCUT2D eigenvalue weighted by Gasteiger charge is 2.12. The molecule has 0 aliphatic carbocycles. The fourth-order valence-corrected chi connectivity index (χ4v) is 3.23. The van der Waals surface area contributed by atoms with Crippen LogP contribution in [0.1, 0.15) is 16.8 Å². The molecule has 0 aliphatic rings. The topological polar surface area (TPSA) is 105 Å². The average molecular weight is 413 g/mol. The van der Waals surface area contributed by atoms with E-state index in [2.05, 4.69) is 25.3 Å². The maximum absolute atomic E-state index is 12.5. The number of anilines is 1. The van der Waals surface area contributed by atoms with E-state index in [1.807, 2.05) is 32.0 Å². The third-order valence-electron chi connectivity index (χ3n) is 4.78. The zero-order valence-electron chi connectivity index (χ0n) is 17.1. The summed E-state index contributed by atoms with van der Waals surface area (Å²) in [5, 5.41) is 12.4. The van der Waals surface area contributed by atoms with Crippen molar-refractivity contribution in [2.75, 3.05) is 5.32 Å². The zero-order chi connectivity index (χ0) is 21.8. The Balaban J connectivity index is 1.42. The van der Waals surface area contributed by atoms with Gasteiger partial charge in [0.05, 0.1) is 24.0 Å². The van der Waals surface area contributed by atoms with E-state index >= 15 is 0 Å². The summed E-state index contributed by atoms with van der Waals surface area (Å²) in [4.78, 5) is 29.5. The van der Waals surface area contributed by atoms with E-state index in [9.17, 15) is 10.0 Å². The van der Waals surface area contributed by atoms with Gasteiger partial charge in [-0.25, -0.2) is 4.98 Å². The lowest BCUT2D eigenvalue weighted by molar-refractivity contribution is -0.908. The number of aromatic nitrogens is 5. The van der Waals surface area contributed by atoms with Gasteiger partial charge in [-0.05, 0) is 30.2 Å². The molecule has 1 amide bonds. The van der Waals surface area contributed by atoms with Crippen LogP contribution in [-0.4, -0.2) is 31.1 Å². The molecule has 4 heterocycles. The first-order valence-electron chi connectivity index (χ1n) is 9.69. The highest BCUT2D eigenvalue weighted by molar-refractivity contribution is 5.91. The Labute approximate surface area is 179 Å². The predicted octanol–water partition coefficient (Wildman–Crippen LogP) is 2.92. The minimum Gasteiger partial charge on any atom is -0.310 e. The number of rotatable bonds is 5. The van der Waals surface area contributed by atoms with Gasteiger partial charge in [0.2, 0.25) is 17.8 Å². The summed E-state index contributed by atoms with van der Waals surface area (Å²) < 4.78 is 1.06. The first kappa shape index (κ1) is 20.1. The van der Waals surface area contributed by atoms with Crippen molar-refractivity contribution in [1.82, 2.24) is 19.9 Å². The minimum atomic E-state index is -0.175. The lowest BCUT2D eigenvalue weighted by Crippen LogP contribution is -2.32. The Morgan fingerprint density at radius 1 is 1.00 bits per heavy atom. The van der Waals surface area contributed by atoms with Crippen molar-refractivity contribution in [2.24, 2.45) is 0 Å². The van der Waals surface area contributed by atoms with Crippen molar-refractivity contribution < 1.29 is 14.7 Å². The quantitative estimate of drug-likeness (QED) is 0.385. The van der Waals surface area contributed by atoms with Gasteiger partial charge in [0, 0.05) is 59.7 Å². The van der Waals surface area contributed by atoms with Gasteiger partial charge in [-0.2, -0.15) is 0 Å². The molecule has 0 fully saturated rings. The standard InChI is InChI=1S/C23H20N6O2/c1-15-9-17(12-27-23(15)18-5-8-29(31)16(2)10-18)11-22(30)28-21-4-3-19(13-26-21)20-14-24-6-7-25-20/h3-10,12-14H,11H2,1-2H3,(H-,25,26,27,28,30,31)/p+1. The monoisotopic (exact) mass is 413 g/mol. The maximum atomic E-state index is 12.5. The summed E-state index contributed by atoms with van der Waals surface area (Å²) in [6.07, 6.45) is 10.0. The molecule has 0 bridgehead atoms. The van der Waals surface area contributed by atoms with Crippen LogP contribution >= 0.6 is 0 Å². The Morgan fingerprint density at radius 3 is 2.55 bits per heavy atom. The van der Waals surface area contributed by atoms with Crippen LogP contribution in [0.4, 0.5) is 5.82 Å². The van der Waals surface area contributed by atoms with Crippen LogP contribution in [0.5, 0.6) is 0 Å². The second-order valence-corrected chi connectivity index (χ2v) is 7.16. The molecular formula is C23H21N6O2+. The van der Waals surface area contributed by atoms with E-state index in [-0.39, 0.29) is 12.3 Å². The van der Waals surface area contributed by atoms with Gasteiger partial charge in [0.15, 0.2) is 0 Å². The van der Waals surface area contributed by atoms with Gasteiger partial charge < -0.3 is 5.32 Å². The number of aryl methyl sites for hydroxylation is 2. The fraction of sp³-hybridized carbons (Fsp3) is 0.130. The van der Waals surface area contributed by atoms with Crippen LogP contribution < -0.4 is 10.0 Å². The molecule has 0 aliphatic heterocycles. The molecule has 8 nitrogen and oxygen atoms in total. The molecular weight excluding hydrogens is 392 g/mol. The Bertz CT molecular complexity index is 1230. The van der Waals surface area contributed by atoms with Gasteiger partial charge in [-0.15, -0.1) is 0 Å². The summed E-state index contributed by atoms with van der Waals surface area (Å²) in [6, 6.07) is 9.18. The molecule has 31 heavy (non-hydrogen) atoms. The Kier molecular flexibility index (Phi) is 5.61. The highest BCUT2D eigenvalue weighted by Crippen LogP contribution is 2.22. The minimum absolute atomic E-state index is 0.175. The molecule has 4 aromatic heterocycles. The number of hydrogen-bond acceptors (Lipinski definition) is 6. The van der Waals surface area contributed by atoms with Crippen molar-refractivity contribution in [2.45, 2.75) is 20.3 Å². The van der Waals surface area contributed by atoms with Crippen molar-refractivity contribution >= 4 is 11.7 Å². The summed E-state index contributed by atoms with van der Waals surface area (Å²) in [7, 11) is 0. The number of nitrogens with one attached hydrogen (secondary N) is 1. The third kappa shape index (κ3) is 4.69. The first-order valence-corrected chi connectivity index (χ1v) is 9.69. The van der Waals surface area contributed by atoms with E-state index in [0.717, 1.165) is 38.4 Å². The molecule has 0 radical (unpaired) electrons. The van der Waals surface area contributed by atoms with Crippen LogP contribution in [0.2, 0.25) is 0 Å². The van der Waals surface area contributed by atoms with Gasteiger partial charge >= 0.3 is 0 Å². The second-order valence-electron chi connectivity index (χ2n) is 7.16. The molecule has 0 unspecified atom stereocenters.